The van der Waals surface area contributed by atoms with Crippen LogP contribution in [0.4, 0.5) is 10.2 Å². The maximum absolute atomic E-state index is 13.6. The van der Waals surface area contributed by atoms with Crippen LogP contribution in [-0.4, -0.2) is 19.9 Å². The molecule has 3 heterocycles. The molecule has 5 nitrogen and oxygen atoms in total. The van der Waals surface area contributed by atoms with Crippen molar-refractivity contribution >= 4 is 16.9 Å². The maximum Gasteiger partial charge on any atom is 0.164 e. The van der Waals surface area contributed by atoms with Gasteiger partial charge in [-0.15, -0.1) is 0 Å². The van der Waals surface area contributed by atoms with Crippen molar-refractivity contribution in [3.8, 4) is 22.4 Å². The van der Waals surface area contributed by atoms with Crippen LogP contribution >= 0.6 is 0 Å². The summed E-state index contributed by atoms with van der Waals surface area (Å²) >= 11 is 0. The smallest absolute Gasteiger partial charge is 0.164 e. The van der Waals surface area contributed by atoms with E-state index >= 15 is 0 Å². The summed E-state index contributed by atoms with van der Waals surface area (Å²) in [6.07, 6.45) is 4.83. The van der Waals surface area contributed by atoms with Gasteiger partial charge in [0.25, 0.3) is 0 Å². The average molecular weight is 331 g/mol. The predicted molar refractivity (Wildman–Crippen MR) is 95.1 cm³/mol. The minimum atomic E-state index is -0.237. The molecule has 25 heavy (non-hydrogen) atoms. The lowest BCUT2D eigenvalue weighted by Gasteiger charge is -2.10. The summed E-state index contributed by atoms with van der Waals surface area (Å²) in [5.74, 6) is 0.140. The molecule has 0 aliphatic rings. The fraction of sp³-hybridized carbons (Fsp3) is 0.0526. The number of nitrogens with zero attached hydrogens (tertiary/aromatic N) is 4. The van der Waals surface area contributed by atoms with Crippen molar-refractivity contribution in [3.05, 3.63) is 66.5 Å². The first kappa shape index (κ1) is 15.1. The van der Waals surface area contributed by atoms with E-state index in [-0.39, 0.29) is 5.82 Å². The normalized spacial score (nSPS) is 11.0. The van der Waals surface area contributed by atoms with Crippen LogP contribution in [0.15, 0.2) is 55.1 Å². The van der Waals surface area contributed by atoms with E-state index in [1.54, 1.807) is 31.5 Å². The summed E-state index contributed by atoms with van der Waals surface area (Å²) in [7, 11) is 0. The third-order valence-electron chi connectivity index (χ3n) is 4.07. The number of benzene rings is 1. The topological polar surface area (TPSA) is 77.6 Å². The zero-order chi connectivity index (χ0) is 17.4. The van der Waals surface area contributed by atoms with E-state index in [2.05, 4.69) is 19.9 Å². The Morgan fingerprint density at radius 3 is 2.68 bits per heavy atom. The molecule has 0 radical (unpaired) electrons. The number of nitrogens with two attached hydrogens (primary N) is 1. The Morgan fingerprint density at radius 2 is 1.84 bits per heavy atom. The van der Waals surface area contributed by atoms with Gasteiger partial charge in [0.2, 0.25) is 0 Å². The summed E-state index contributed by atoms with van der Waals surface area (Å²) in [6.45, 7) is 1.73. The van der Waals surface area contributed by atoms with E-state index < -0.39 is 0 Å². The maximum atomic E-state index is 13.6. The summed E-state index contributed by atoms with van der Waals surface area (Å²) in [5.41, 5.74) is 10.4. The Balaban J connectivity index is 1.92. The molecular formula is C19H14FN5. The number of anilines is 1. The third kappa shape index (κ3) is 2.67. The highest BCUT2D eigenvalue weighted by atomic mass is 19.1. The Kier molecular flexibility index (Phi) is 3.57. The van der Waals surface area contributed by atoms with Gasteiger partial charge in [0.05, 0.1) is 11.1 Å². The van der Waals surface area contributed by atoms with Crippen molar-refractivity contribution in [1.82, 2.24) is 19.9 Å². The number of hydrogen-bond acceptors (Lipinski definition) is 5. The van der Waals surface area contributed by atoms with Gasteiger partial charge in [0.15, 0.2) is 5.65 Å². The molecule has 0 atom stereocenters. The molecule has 3 aromatic heterocycles. The fourth-order valence-electron chi connectivity index (χ4n) is 2.77. The summed E-state index contributed by atoms with van der Waals surface area (Å²) in [4.78, 5) is 17.0. The molecule has 0 unspecified atom stereocenters. The molecule has 0 bridgehead atoms. The molecule has 0 fully saturated rings. The lowest BCUT2D eigenvalue weighted by Crippen LogP contribution is -1.96. The number of fused-ring (bicyclic) bond motifs is 1. The summed E-state index contributed by atoms with van der Waals surface area (Å²) in [6, 6.07) is 10.7. The van der Waals surface area contributed by atoms with Crippen LogP contribution < -0.4 is 5.73 Å². The number of halogens is 1. The minimum absolute atomic E-state index is 0.237. The SMILES string of the molecule is Cc1cc(-c2ncccc2-c2cnc3ncnc(N)c3c2)ccc1F. The van der Waals surface area contributed by atoms with Gasteiger partial charge in [-0.1, -0.05) is 6.07 Å². The van der Waals surface area contributed by atoms with Gasteiger partial charge in [0.1, 0.15) is 18.0 Å². The highest BCUT2D eigenvalue weighted by molar-refractivity contribution is 5.91. The van der Waals surface area contributed by atoms with Gasteiger partial charge >= 0.3 is 0 Å². The number of rotatable bonds is 2. The van der Waals surface area contributed by atoms with Crippen molar-refractivity contribution in [2.75, 3.05) is 5.73 Å². The fourth-order valence-corrected chi connectivity index (χ4v) is 2.77. The zero-order valence-corrected chi connectivity index (χ0v) is 13.4. The molecule has 4 aromatic rings. The highest BCUT2D eigenvalue weighted by Crippen LogP contribution is 2.32. The van der Waals surface area contributed by atoms with Crippen molar-refractivity contribution in [2.45, 2.75) is 6.92 Å². The van der Waals surface area contributed by atoms with E-state index in [4.69, 9.17) is 5.73 Å². The van der Waals surface area contributed by atoms with Gasteiger partial charge in [-0.2, -0.15) is 0 Å². The Bertz CT molecular complexity index is 1090. The average Bonchev–Trinajstić information content (AvgIpc) is 2.64. The lowest BCUT2D eigenvalue weighted by molar-refractivity contribution is 0.619. The van der Waals surface area contributed by atoms with E-state index in [9.17, 15) is 4.39 Å². The number of aromatic nitrogens is 4. The standard InChI is InChI=1S/C19H14FN5/c1-11-7-12(4-5-16(11)20)17-14(3-2-6-22-17)13-8-15-18(21)24-10-25-19(15)23-9-13/h2-10H,1H3,(H2,21,23,24,25). The van der Waals surface area contributed by atoms with E-state index in [0.717, 1.165) is 22.4 Å². The third-order valence-corrected chi connectivity index (χ3v) is 4.07. The Labute approximate surface area is 143 Å². The number of pyridine rings is 2. The largest absolute Gasteiger partial charge is 0.383 e. The van der Waals surface area contributed by atoms with Crippen molar-refractivity contribution in [1.29, 1.82) is 0 Å². The van der Waals surface area contributed by atoms with Crippen LogP contribution in [0.3, 0.4) is 0 Å². The van der Waals surface area contributed by atoms with Gasteiger partial charge in [-0.05, 0) is 42.8 Å². The number of hydrogen-bond donors (Lipinski definition) is 1. The molecular weight excluding hydrogens is 317 g/mol. The van der Waals surface area contributed by atoms with Crippen molar-refractivity contribution in [2.24, 2.45) is 0 Å². The molecule has 0 aliphatic heterocycles. The molecule has 4 rings (SSSR count). The number of aryl methyl sites for hydroxylation is 1. The van der Waals surface area contributed by atoms with Crippen LogP contribution in [0.25, 0.3) is 33.4 Å². The van der Waals surface area contributed by atoms with Crippen LogP contribution in [0, 0.1) is 12.7 Å². The first-order valence-electron chi connectivity index (χ1n) is 7.71. The van der Waals surface area contributed by atoms with Gasteiger partial charge in [-0.3, -0.25) is 4.98 Å². The van der Waals surface area contributed by atoms with Crippen molar-refractivity contribution < 1.29 is 4.39 Å². The van der Waals surface area contributed by atoms with E-state index in [1.165, 1.54) is 12.4 Å². The lowest BCUT2D eigenvalue weighted by atomic mass is 9.99. The van der Waals surface area contributed by atoms with Crippen molar-refractivity contribution in [3.63, 3.8) is 0 Å². The van der Waals surface area contributed by atoms with E-state index in [1.807, 2.05) is 18.2 Å². The number of nitrogen functional groups attached to an aromatic ring is 1. The van der Waals surface area contributed by atoms with Crippen LogP contribution in [0.2, 0.25) is 0 Å². The molecule has 2 N–H and O–H groups in total. The Hall–Kier alpha value is -3.41. The second-order valence-corrected chi connectivity index (χ2v) is 5.72. The van der Waals surface area contributed by atoms with Crippen LogP contribution in [0.5, 0.6) is 0 Å². The zero-order valence-electron chi connectivity index (χ0n) is 13.4. The quantitative estimate of drug-likeness (QED) is 0.605. The first-order valence-corrected chi connectivity index (χ1v) is 7.71. The first-order chi connectivity index (χ1) is 12.1. The monoisotopic (exact) mass is 331 g/mol. The highest BCUT2D eigenvalue weighted by Gasteiger charge is 2.12. The second kappa shape index (κ2) is 5.90. The van der Waals surface area contributed by atoms with E-state index in [0.29, 0.717) is 22.4 Å². The van der Waals surface area contributed by atoms with Gasteiger partial charge < -0.3 is 5.73 Å². The summed E-state index contributed by atoms with van der Waals surface area (Å²) < 4.78 is 13.6. The molecule has 6 heteroatoms. The molecule has 0 aliphatic carbocycles. The molecule has 0 amide bonds. The second-order valence-electron chi connectivity index (χ2n) is 5.72. The molecule has 122 valence electrons. The molecule has 0 spiro atoms. The van der Waals surface area contributed by atoms with Gasteiger partial charge in [-0.25, -0.2) is 19.3 Å². The predicted octanol–water partition coefficient (Wildman–Crippen LogP) is 3.78. The van der Waals surface area contributed by atoms with Gasteiger partial charge in [0, 0.05) is 29.1 Å². The van der Waals surface area contributed by atoms with Crippen LogP contribution in [-0.2, 0) is 0 Å². The van der Waals surface area contributed by atoms with Crippen LogP contribution in [0.1, 0.15) is 5.56 Å². The minimum Gasteiger partial charge on any atom is -0.383 e. The molecule has 0 saturated heterocycles. The summed E-state index contributed by atoms with van der Waals surface area (Å²) in [5, 5.41) is 0.685. The molecule has 1 aromatic carbocycles. The molecule has 0 saturated carbocycles. The Morgan fingerprint density at radius 1 is 0.960 bits per heavy atom.